The van der Waals surface area contributed by atoms with E-state index < -0.39 is 20.9 Å². The maximum absolute atomic E-state index is 5.55. The van der Waals surface area contributed by atoms with E-state index in [4.69, 9.17) is 11.4 Å². The Morgan fingerprint density at radius 2 is 1.58 bits per heavy atom. The van der Waals surface area contributed by atoms with Crippen LogP contribution in [0.2, 0.25) is 0 Å². The van der Waals surface area contributed by atoms with Gasteiger partial charge in [-0.1, -0.05) is 0 Å². The van der Waals surface area contributed by atoms with Crippen LogP contribution >= 0.6 is 0 Å². The summed E-state index contributed by atoms with van der Waals surface area (Å²) in [6, 6.07) is 28.0. The molecule has 3 aromatic carbocycles. The van der Waals surface area contributed by atoms with Gasteiger partial charge in [-0.25, -0.2) is 0 Å². The topological polar surface area (TPSA) is 24.4 Å². The summed E-state index contributed by atoms with van der Waals surface area (Å²) in [5.74, 6) is 2.80. The summed E-state index contributed by atoms with van der Waals surface area (Å²) in [6.07, 6.45) is 8.34. The molecule has 1 N–H and O–H groups in total. The number of nitrogens with one attached hydrogen (secondary N) is 1. The van der Waals surface area contributed by atoms with Crippen molar-refractivity contribution in [2.75, 3.05) is 0 Å². The van der Waals surface area contributed by atoms with Gasteiger partial charge in [0.05, 0.1) is 0 Å². The second kappa shape index (κ2) is 12.5. The molecule has 0 aliphatic rings. The first kappa shape index (κ1) is 23.3. The molecule has 0 fully saturated rings. The monoisotopic (exact) mass is 524 g/mol. The van der Waals surface area contributed by atoms with Crippen molar-refractivity contribution in [3.8, 4) is 12.3 Å². The van der Waals surface area contributed by atoms with Crippen LogP contribution in [0.15, 0.2) is 83.9 Å². The third-order valence-electron chi connectivity index (χ3n) is 5.13. The summed E-state index contributed by atoms with van der Waals surface area (Å²) in [5, 5.41) is 3.81. The maximum atomic E-state index is 5.55. The Balaban J connectivity index is 1.94. The number of benzene rings is 3. The number of aliphatic imine (C=N–C) groups is 1. The van der Waals surface area contributed by atoms with Crippen LogP contribution in [0.1, 0.15) is 36.0 Å². The molecule has 0 spiro atoms. The number of aryl methyl sites for hydroxylation is 2. The van der Waals surface area contributed by atoms with Gasteiger partial charge in [0.25, 0.3) is 0 Å². The summed E-state index contributed by atoms with van der Waals surface area (Å²) >= 11 is -0.621. The zero-order valence-electron chi connectivity index (χ0n) is 18.3. The van der Waals surface area contributed by atoms with Gasteiger partial charge in [0, 0.05) is 0 Å². The molecule has 1 atom stereocenters. The van der Waals surface area contributed by atoms with Gasteiger partial charge in [-0.3, -0.25) is 0 Å². The zero-order chi connectivity index (χ0) is 21.9. The molecular formula is C28H30N2Te. The second-order valence-corrected chi connectivity index (χ2v) is 10.7. The molecule has 158 valence electrons. The summed E-state index contributed by atoms with van der Waals surface area (Å²) in [7, 11) is 0. The summed E-state index contributed by atoms with van der Waals surface area (Å²) < 4.78 is 2.70. The Morgan fingerprint density at radius 3 is 2.23 bits per heavy atom. The van der Waals surface area contributed by atoms with E-state index in [1.807, 2.05) is 0 Å². The minimum absolute atomic E-state index is 0.218. The van der Waals surface area contributed by atoms with Crippen molar-refractivity contribution >= 4 is 34.0 Å². The van der Waals surface area contributed by atoms with E-state index in [0.29, 0.717) is 0 Å². The van der Waals surface area contributed by atoms with Crippen LogP contribution < -0.4 is 8.93 Å². The van der Waals surface area contributed by atoms with Gasteiger partial charge in [0.2, 0.25) is 0 Å². The van der Waals surface area contributed by atoms with E-state index in [0.717, 1.165) is 31.5 Å². The molecule has 2 nitrogen and oxygen atoms in total. The molecule has 3 heteroatoms. The Labute approximate surface area is 197 Å². The fraction of sp³-hybridized carbons (Fsp3) is 0.250. The molecule has 0 saturated carbocycles. The molecule has 3 aromatic rings. The standard InChI is InChI=1S/C28H30N2Te/c1-4-5-8-20-26(29-21-24-16-9-6-10-17-24)28(31-25-18-11-7-12-19-25)30-27-22(2)14-13-15-23(27)3/h1,6-7,9-19,26,29H,5,8,20-21H2,2-3H3. The minimum atomic E-state index is -0.621. The first-order valence-corrected chi connectivity index (χ1v) is 13.1. The van der Waals surface area contributed by atoms with Gasteiger partial charge < -0.3 is 0 Å². The van der Waals surface area contributed by atoms with E-state index >= 15 is 0 Å². The molecule has 0 aliphatic carbocycles. The number of hydrogen-bond acceptors (Lipinski definition) is 2. The average Bonchev–Trinajstić information content (AvgIpc) is 2.79. The third kappa shape index (κ3) is 7.37. The first-order chi connectivity index (χ1) is 15.2. The Kier molecular flexibility index (Phi) is 9.38. The molecular weight excluding hydrogens is 492 g/mol. The van der Waals surface area contributed by atoms with E-state index in [-0.39, 0.29) is 6.04 Å². The number of para-hydroxylation sites is 1. The molecule has 0 saturated heterocycles. The molecule has 0 aliphatic heterocycles. The SMILES string of the molecule is C#CCCCC(NCc1ccccc1)C(=Nc1c(C)cccc1C)[Te]c1ccccc1. The molecule has 3 rings (SSSR count). The van der Waals surface area contributed by atoms with Crippen LogP contribution in [0.4, 0.5) is 5.69 Å². The van der Waals surface area contributed by atoms with Crippen LogP contribution in [0, 0.1) is 26.2 Å². The van der Waals surface area contributed by atoms with Gasteiger partial charge in [-0.15, -0.1) is 0 Å². The van der Waals surface area contributed by atoms with Crippen molar-refractivity contribution in [1.29, 1.82) is 0 Å². The number of unbranched alkanes of at least 4 members (excludes halogenated alkanes) is 1. The summed E-state index contributed by atoms with van der Waals surface area (Å²) in [5.41, 5.74) is 4.85. The molecule has 0 amide bonds. The van der Waals surface area contributed by atoms with Gasteiger partial charge in [-0.05, 0) is 0 Å². The Bertz CT molecular complexity index is 1000. The third-order valence-corrected chi connectivity index (χ3v) is 8.25. The summed E-state index contributed by atoms with van der Waals surface area (Å²) in [6.45, 7) is 5.13. The predicted octanol–water partition coefficient (Wildman–Crippen LogP) is 5.33. The van der Waals surface area contributed by atoms with E-state index in [2.05, 4.69) is 104 Å². The van der Waals surface area contributed by atoms with E-state index in [9.17, 15) is 0 Å². The van der Waals surface area contributed by atoms with Crippen LogP contribution in [-0.4, -0.2) is 30.7 Å². The normalized spacial score (nSPS) is 12.4. The molecule has 1 unspecified atom stereocenters. The van der Waals surface area contributed by atoms with E-state index in [1.54, 1.807) is 0 Å². The van der Waals surface area contributed by atoms with Crippen LogP contribution in [0.3, 0.4) is 0 Å². The quantitative estimate of drug-likeness (QED) is 0.166. The van der Waals surface area contributed by atoms with Gasteiger partial charge in [0.15, 0.2) is 0 Å². The van der Waals surface area contributed by atoms with Crippen molar-refractivity contribution in [2.24, 2.45) is 4.99 Å². The number of rotatable bonds is 10. The van der Waals surface area contributed by atoms with Crippen LogP contribution in [-0.2, 0) is 6.54 Å². The van der Waals surface area contributed by atoms with Gasteiger partial charge in [0.1, 0.15) is 0 Å². The van der Waals surface area contributed by atoms with Crippen molar-refractivity contribution in [3.05, 3.63) is 95.6 Å². The fourth-order valence-electron chi connectivity index (χ4n) is 3.43. The van der Waals surface area contributed by atoms with Crippen molar-refractivity contribution in [1.82, 2.24) is 5.32 Å². The van der Waals surface area contributed by atoms with Crippen molar-refractivity contribution in [3.63, 3.8) is 0 Å². The fourth-order valence-corrected chi connectivity index (χ4v) is 6.33. The van der Waals surface area contributed by atoms with Crippen LogP contribution in [0.5, 0.6) is 0 Å². The predicted molar refractivity (Wildman–Crippen MR) is 135 cm³/mol. The van der Waals surface area contributed by atoms with Crippen molar-refractivity contribution < 1.29 is 0 Å². The number of nitrogens with zero attached hydrogens (tertiary/aromatic N) is 1. The first-order valence-electron chi connectivity index (χ1n) is 10.8. The molecule has 0 bridgehead atoms. The molecule has 31 heavy (non-hydrogen) atoms. The average molecular weight is 522 g/mol. The number of terminal acetylenes is 1. The van der Waals surface area contributed by atoms with Crippen LogP contribution in [0.25, 0.3) is 0 Å². The number of hydrogen-bond donors (Lipinski definition) is 1. The van der Waals surface area contributed by atoms with E-state index in [1.165, 1.54) is 24.1 Å². The molecule has 0 radical (unpaired) electrons. The van der Waals surface area contributed by atoms with Crippen molar-refractivity contribution in [2.45, 2.75) is 45.7 Å². The molecule has 0 heterocycles. The zero-order valence-corrected chi connectivity index (χ0v) is 20.7. The van der Waals surface area contributed by atoms with Gasteiger partial charge in [-0.2, -0.15) is 0 Å². The molecule has 0 aromatic heterocycles. The summed E-state index contributed by atoms with van der Waals surface area (Å²) in [4.78, 5) is 5.30. The Morgan fingerprint density at radius 1 is 0.935 bits per heavy atom. The Hall–Kier alpha value is -2.36. The second-order valence-electron chi connectivity index (χ2n) is 7.62. The van der Waals surface area contributed by atoms with Gasteiger partial charge >= 0.3 is 198 Å².